The summed E-state index contributed by atoms with van der Waals surface area (Å²) in [6.07, 6.45) is -10.4. The molecule has 0 saturated heterocycles. The second kappa shape index (κ2) is 8.51. The zero-order chi connectivity index (χ0) is 20.2. The zero-order valence-corrected chi connectivity index (χ0v) is 15.2. The predicted octanol–water partition coefficient (Wildman–Crippen LogP) is 5.22. The van der Waals surface area contributed by atoms with Crippen LogP contribution >= 0.6 is 0 Å². The number of halogens is 6. The highest BCUT2D eigenvalue weighted by Gasteiger charge is 2.41. The van der Waals surface area contributed by atoms with Crippen LogP contribution in [-0.2, 0) is 11.4 Å². The summed E-state index contributed by atoms with van der Waals surface area (Å²) in [5, 5.41) is 0. The monoisotopic (exact) mass is 403 g/mol. The highest BCUT2D eigenvalue weighted by atomic mass is 32.2. The Bertz CT molecular complexity index is 605. The van der Waals surface area contributed by atoms with Gasteiger partial charge in [-0.05, 0) is 51.5 Å². The first-order chi connectivity index (χ1) is 11.7. The van der Waals surface area contributed by atoms with Gasteiger partial charge < -0.3 is 9.29 Å². The number of alkyl halides is 6. The zero-order valence-electron chi connectivity index (χ0n) is 14.4. The van der Waals surface area contributed by atoms with Crippen LogP contribution in [0.5, 0.6) is 5.75 Å². The minimum atomic E-state index is -4.81. The predicted molar refractivity (Wildman–Crippen MR) is 87.7 cm³/mol. The first-order valence-corrected chi connectivity index (χ1v) is 8.69. The fourth-order valence-electron chi connectivity index (χ4n) is 1.66. The first kappa shape index (κ1) is 22.6. The van der Waals surface area contributed by atoms with E-state index in [1.165, 1.54) is 32.9 Å². The molecule has 26 heavy (non-hydrogen) atoms. The molecule has 0 aliphatic rings. The van der Waals surface area contributed by atoms with Crippen molar-refractivity contribution in [3.63, 3.8) is 0 Å². The van der Waals surface area contributed by atoms with Crippen LogP contribution in [0.2, 0.25) is 0 Å². The number of ether oxygens (including phenoxy) is 1. The molecule has 10 heteroatoms. The summed E-state index contributed by atoms with van der Waals surface area (Å²) in [4.78, 5) is 0. The largest absolute Gasteiger partial charge is 0.591 e. The van der Waals surface area contributed by atoms with Gasteiger partial charge in [0.2, 0.25) is 5.71 Å². The molecule has 1 aromatic rings. The maximum Gasteiger partial charge on any atom is 0.438 e. The summed E-state index contributed by atoms with van der Waals surface area (Å²) in [6, 6.07) is 4.55. The molecular formula is C16H19F6NO2S. The summed E-state index contributed by atoms with van der Waals surface area (Å²) in [5.41, 5.74) is -1.59. The Morgan fingerprint density at radius 2 is 1.58 bits per heavy atom. The summed E-state index contributed by atoms with van der Waals surface area (Å²) in [6.45, 7) is 4.28. The highest BCUT2D eigenvalue weighted by molar-refractivity contribution is 7.91. The number of nitrogens with zero attached hydrogens (tertiary/aromatic N) is 1. The quantitative estimate of drug-likeness (QED) is 0.283. The van der Waals surface area contributed by atoms with E-state index in [-0.39, 0.29) is 24.3 Å². The van der Waals surface area contributed by atoms with Gasteiger partial charge in [-0.3, -0.25) is 0 Å². The lowest BCUT2D eigenvalue weighted by molar-refractivity contribution is -0.136. The van der Waals surface area contributed by atoms with Gasteiger partial charge in [0.15, 0.2) is 0 Å². The van der Waals surface area contributed by atoms with Crippen molar-refractivity contribution in [2.24, 2.45) is 4.40 Å². The molecule has 1 aromatic carbocycles. The SMILES string of the molecule is CC(C)(C)[S@+]([O-])/N=C(\c1ccc(OCCCC(F)(F)F)cc1)C(F)(F)F. The molecule has 0 aromatic heterocycles. The van der Waals surface area contributed by atoms with Crippen molar-refractivity contribution >= 4 is 17.1 Å². The van der Waals surface area contributed by atoms with Gasteiger partial charge in [-0.1, -0.05) is 4.40 Å². The van der Waals surface area contributed by atoms with E-state index < -0.39 is 40.6 Å². The molecule has 0 radical (unpaired) electrons. The fraction of sp³-hybridized carbons (Fsp3) is 0.562. The van der Waals surface area contributed by atoms with Crippen molar-refractivity contribution in [1.29, 1.82) is 0 Å². The van der Waals surface area contributed by atoms with E-state index in [0.29, 0.717) is 0 Å². The van der Waals surface area contributed by atoms with Crippen LogP contribution in [0.4, 0.5) is 26.3 Å². The van der Waals surface area contributed by atoms with E-state index in [0.717, 1.165) is 12.1 Å². The molecule has 0 saturated carbocycles. The molecule has 0 fully saturated rings. The minimum Gasteiger partial charge on any atom is -0.591 e. The lowest BCUT2D eigenvalue weighted by Crippen LogP contribution is -2.31. The topological polar surface area (TPSA) is 44.7 Å². The van der Waals surface area contributed by atoms with Gasteiger partial charge in [0.1, 0.15) is 21.9 Å². The van der Waals surface area contributed by atoms with Crippen molar-refractivity contribution in [2.75, 3.05) is 6.61 Å². The Balaban J connectivity index is 2.87. The number of benzene rings is 1. The number of rotatable bonds is 6. The lowest BCUT2D eigenvalue weighted by Gasteiger charge is -2.20. The van der Waals surface area contributed by atoms with Gasteiger partial charge in [0, 0.05) is 12.0 Å². The highest BCUT2D eigenvalue weighted by Crippen LogP contribution is 2.28. The lowest BCUT2D eigenvalue weighted by atomic mass is 10.1. The molecule has 0 amide bonds. The molecule has 0 heterocycles. The molecule has 148 valence electrons. The van der Waals surface area contributed by atoms with Gasteiger partial charge >= 0.3 is 12.4 Å². The van der Waals surface area contributed by atoms with Gasteiger partial charge in [0.25, 0.3) is 0 Å². The third kappa shape index (κ3) is 7.86. The summed E-state index contributed by atoms with van der Waals surface area (Å²) >= 11 is -2.10. The van der Waals surface area contributed by atoms with Crippen LogP contribution in [0.25, 0.3) is 0 Å². The minimum absolute atomic E-state index is 0.134. The van der Waals surface area contributed by atoms with Crippen LogP contribution in [0.15, 0.2) is 28.7 Å². The Kier molecular flexibility index (Phi) is 7.41. The van der Waals surface area contributed by atoms with E-state index in [1.807, 2.05) is 0 Å². The number of hydrogen-bond donors (Lipinski definition) is 0. The second-order valence-electron chi connectivity index (χ2n) is 6.39. The standard InChI is InChI=1S/C16H19F6NO2S/c1-14(2,3)26(24)23-13(16(20,21)22)11-5-7-12(8-6-11)25-10-4-9-15(17,18)19/h5-8H,4,9-10H2,1-3H3/b23-13+/t26-/m0/s1. The van der Waals surface area contributed by atoms with E-state index in [9.17, 15) is 30.9 Å². The van der Waals surface area contributed by atoms with Crippen molar-refractivity contribution in [2.45, 2.75) is 50.7 Å². The molecule has 0 unspecified atom stereocenters. The molecule has 0 bridgehead atoms. The van der Waals surface area contributed by atoms with Crippen molar-refractivity contribution < 1.29 is 35.6 Å². The van der Waals surface area contributed by atoms with E-state index in [2.05, 4.69) is 4.40 Å². The Morgan fingerprint density at radius 1 is 1.04 bits per heavy atom. The Morgan fingerprint density at radius 3 is 2.00 bits per heavy atom. The molecule has 1 atom stereocenters. The molecule has 0 spiro atoms. The first-order valence-electron chi connectivity index (χ1n) is 7.58. The van der Waals surface area contributed by atoms with Crippen LogP contribution in [0.3, 0.4) is 0 Å². The Hall–Kier alpha value is -1.42. The van der Waals surface area contributed by atoms with Crippen LogP contribution in [0, 0.1) is 0 Å². The van der Waals surface area contributed by atoms with Crippen molar-refractivity contribution in [3.8, 4) is 5.75 Å². The second-order valence-corrected chi connectivity index (χ2v) is 8.30. The molecule has 1 rings (SSSR count). The van der Waals surface area contributed by atoms with Crippen LogP contribution < -0.4 is 4.74 Å². The molecule has 0 aliphatic carbocycles. The van der Waals surface area contributed by atoms with Crippen molar-refractivity contribution in [3.05, 3.63) is 29.8 Å². The Labute approximate surface area is 150 Å². The van der Waals surface area contributed by atoms with Crippen molar-refractivity contribution in [1.82, 2.24) is 0 Å². The van der Waals surface area contributed by atoms with E-state index in [4.69, 9.17) is 4.74 Å². The smallest absolute Gasteiger partial charge is 0.438 e. The number of hydrogen-bond acceptors (Lipinski definition) is 3. The van der Waals surface area contributed by atoms with Crippen LogP contribution in [-0.4, -0.2) is 34.0 Å². The third-order valence-corrected chi connectivity index (χ3v) is 4.36. The molecular weight excluding hydrogens is 384 g/mol. The van der Waals surface area contributed by atoms with Gasteiger partial charge in [0.05, 0.1) is 6.61 Å². The van der Waals surface area contributed by atoms with Gasteiger partial charge in [-0.25, -0.2) is 0 Å². The van der Waals surface area contributed by atoms with E-state index in [1.54, 1.807) is 0 Å². The van der Waals surface area contributed by atoms with E-state index >= 15 is 0 Å². The third-order valence-electron chi connectivity index (χ3n) is 2.97. The van der Waals surface area contributed by atoms with Gasteiger partial charge in [-0.15, -0.1) is 0 Å². The summed E-state index contributed by atoms with van der Waals surface area (Å²) in [7, 11) is 0. The van der Waals surface area contributed by atoms with Gasteiger partial charge in [-0.2, -0.15) is 26.3 Å². The summed E-state index contributed by atoms with van der Waals surface area (Å²) < 4.78 is 95.1. The average Bonchev–Trinajstić information content (AvgIpc) is 2.46. The molecule has 0 N–H and O–H groups in total. The maximum atomic E-state index is 13.2. The average molecular weight is 403 g/mol. The maximum absolute atomic E-state index is 13.2. The molecule has 3 nitrogen and oxygen atoms in total. The molecule has 0 aliphatic heterocycles. The van der Waals surface area contributed by atoms with Crippen LogP contribution in [0.1, 0.15) is 39.2 Å². The normalized spacial score (nSPS) is 15.1. The summed E-state index contributed by atoms with van der Waals surface area (Å²) in [5.74, 6) is 0.134. The fourth-order valence-corrected chi connectivity index (χ4v) is 2.31.